The van der Waals surface area contributed by atoms with Crippen molar-refractivity contribution in [3.05, 3.63) is 24.3 Å². The first kappa shape index (κ1) is 13.6. The molecule has 0 spiro atoms. The van der Waals surface area contributed by atoms with Gasteiger partial charge in [0, 0.05) is 12.3 Å². The summed E-state index contributed by atoms with van der Waals surface area (Å²) in [4.78, 5) is 11.4. The van der Waals surface area contributed by atoms with Crippen LogP contribution in [0.1, 0.15) is 26.7 Å². The van der Waals surface area contributed by atoms with E-state index in [-0.39, 0.29) is 11.7 Å². The van der Waals surface area contributed by atoms with Crippen molar-refractivity contribution in [1.82, 2.24) is 0 Å². The van der Waals surface area contributed by atoms with Crippen molar-refractivity contribution in [2.24, 2.45) is 5.92 Å². The number of carbonyl (C=O) groups is 1. The van der Waals surface area contributed by atoms with E-state index in [9.17, 15) is 4.79 Å². The number of carbonyl (C=O) groups excluding carboxylic acids is 1. The largest absolute Gasteiger partial charge is 0.493 e. The van der Waals surface area contributed by atoms with Crippen LogP contribution in [0.5, 0.6) is 11.5 Å². The fourth-order valence-corrected chi connectivity index (χ4v) is 1.59. The quantitative estimate of drug-likeness (QED) is 0.729. The SMILES string of the molecule is CCC(=O)C(C)CCOc1ccccc1OC. The predicted molar refractivity (Wildman–Crippen MR) is 67.6 cm³/mol. The van der Waals surface area contributed by atoms with Crippen LogP contribution in [-0.2, 0) is 4.79 Å². The lowest BCUT2D eigenvalue weighted by Crippen LogP contribution is -2.13. The average Bonchev–Trinajstić information content (AvgIpc) is 2.38. The van der Waals surface area contributed by atoms with Crippen molar-refractivity contribution >= 4 is 5.78 Å². The van der Waals surface area contributed by atoms with Crippen molar-refractivity contribution in [2.45, 2.75) is 26.7 Å². The number of Topliss-reactive ketones (excluding diaryl/α,β-unsaturated/α-hetero) is 1. The maximum atomic E-state index is 11.4. The van der Waals surface area contributed by atoms with Gasteiger partial charge in [-0.05, 0) is 18.6 Å². The minimum absolute atomic E-state index is 0.0645. The highest BCUT2D eigenvalue weighted by Crippen LogP contribution is 2.26. The molecule has 0 N–H and O–H groups in total. The molecule has 1 atom stereocenters. The standard InChI is InChI=1S/C14H20O3/c1-4-12(15)11(2)9-10-17-14-8-6-5-7-13(14)16-3/h5-8,11H,4,9-10H2,1-3H3. The molecule has 0 aliphatic heterocycles. The molecule has 0 amide bonds. The number of ketones is 1. The molecule has 1 unspecified atom stereocenters. The maximum absolute atomic E-state index is 11.4. The average molecular weight is 236 g/mol. The van der Waals surface area contributed by atoms with E-state index in [0.29, 0.717) is 13.0 Å². The highest BCUT2D eigenvalue weighted by Gasteiger charge is 2.11. The van der Waals surface area contributed by atoms with Gasteiger partial charge in [-0.15, -0.1) is 0 Å². The summed E-state index contributed by atoms with van der Waals surface area (Å²) in [6.45, 7) is 4.37. The third kappa shape index (κ3) is 4.10. The second-order valence-electron chi connectivity index (χ2n) is 4.01. The molecule has 0 aliphatic rings. The zero-order valence-corrected chi connectivity index (χ0v) is 10.7. The Morgan fingerprint density at radius 2 is 1.94 bits per heavy atom. The van der Waals surface area contributed by atoms with Gasteiger partial charge in [-0.2, -0.15) is 0 Å². The third-order valence-electron chi connectivity index (χ3n) is 2.78. The molecule has 0 radical (unpaired) electrons. The normalized spacial score (nSPS) is 11.9. The molecular formula is C14H20O3. The molecule has 0 aliphatic carbocycles. The van der Waals surface area contributed by atoms with Crippen LogP contribution in [0.3, 0.4) is 0 Å². The van der Waals surface area contributed by atoms with Crippen LogP contribution in [0, 0.1) is 5.92 Å². The van der Waals surface area contributed by atoms with E-state index in [2.05, 4.69) is 0 Å². The van der Waals surface area contributed by atoms with Crippen molar-refractivity contribution in [3.63, 3.8) is 0 Å². The summed E-state index contributed by atoms with van der Waals surface area (Å²) >= 11 is 0. The molecule has 0 aromatic heterocycles. The summed E-state index contributed by atoms with van der Waals surface area (Å²) in [5, 5.41) is 0. The van der Waals surface area contributed by atoms with Crippen molar-refractivity contribution in [3.8, 4) is 11.5 Å². The van der Waals surface area contributed by atoms with E-state index in [1.165, 1.54) is 0 Å². The number of methoxy groups -OCH3 is 1. The van der Waals surface area contributed by atoms with Crippen molar-refractivity contribution in [1.29, 1.82) is 0 Å². The summed E-state index contributed by atoms with van der Waals surface area (Å²) < 4.78 is 10.8. The van der Waals surface area contributed by atoms with E-state index >= 15 is 0 Å². The Morgan fingerprint density at radius 3 is 2.53 bits per heavy atom. The van der Waals surface area contributed by atoms with Gasteiger partial charge in [-0.25, -0.2) is 0 Å². The number of ether oxygens (including phenoxy) is 2. The van der Waals surface area contributed by atoms with E-state index < -0.39 is 0 Å². The molecule has 17 heavy (non-hydrogen) atoms. The summed E-state index contributed by atoms with van der Waals surface area (Å²) in [5.74, 6) is 1.80. The number of benzene rings is 1. The Morgan fingerprint density at radius 1 is 1.29 bits per heavy atom. The predicted octanol–water partition coefficient (Wildman–Crippen LogP) is 3.08. The van der Waals surface area contributed by atoms with Gasteiger partial charge in [0.05, 0.1) is 13.7 Å². The fourth-order valence-electron chi connectivity index (χ4n) is 1.59. The third-order valence-corrected chi connectivity index (χ3v) is 2.78. The van der Waals surface area contributed by atoms with E-state index in [0.717, 1.165) is 17.9 Å². The highest BCUT2D eigenvalue weighted by atomic mass is 16.5. The van der Waals surface area contributed by atoms with Crippen LogP contribution in [0.25, 0.3) is 0 Å². The molecule has 1 rings (SSSR count). The Kier molecular flexibility index (Phi) is 5.53. The number of hydrogen-bond donors (Lipinski definition) is 0. The van der Waals surface area contributed by atoms with Crippen LogP contribution in [0.15, 0.2) is 24.3 Å². The van der Waals surface area contributed by atoms with Crippen molar-refractivity contribution < 1.29 is 14.3 Å². The molecule has 0 bridgehead atoms. The van der Waals surface area contributed by atoms with E-state index in [1.807, 2.05) is 38.1 Å². The molecule has 0 saturated heterocycles. The molecule has 0 fully saturated rings. The van der Waals surface area contributed by atoms with Gasteiger partial charge in [-0.3, -0.25) is 4.79 Å². The summed E-state index contributed by atoms with van der Waals surface area (Å²) in [6.07, 6.45) is 1.33. The number of rotatable bonds is 7. The Labute approximate surface area is 103 Å². The molecule has 0 heterocycles. The zero-order chi connectivity index (χ0) is 12.7. The van der Waals surface area contributed by atoms with Crippen LogP contribution in [-0.4, -0.2) is 19.5 Å². The van der Waals surface area contributed by atoms with Crippen LogP contribution in [0.4, 0.5) is 0 Å². The molecule has 94 valence electrons. The van der Waals surface area contributed by atoms with Gasteiger partial charge in [-0.1, -0.05) is 26.0 Å². The molecule has 1 aromatic carbocycles. The molecule has 1 aromatic rings. The van der Waals surface area contributed by atoms with Gasteiger partial charge < -0.3 is 9.47 Å². The van der Waals surface area contributed by atoms with Crippen molar-refractivity contribution in [2.75, 3.05) is 13.7 Å². The molecule has 3 heteroatoms. The maximum Gasteiger partial charge on any atom is 0.161 e. The minimum atomic E-state index is 0.0645. The van der Waals surface area contributed by atoms with Crippen LogP contribution in [0.2, 0.25) is 0 Å². The van der Waals surface area contributed by atoms with Gasteiger partial charge >= 0.3 is 0 Å². The van der Waals surface area contributed by atoms with E-state index in [4.69, 9.17) is 9.47 Å². The smallest absolute Gasteiger partial charge is 0.161 e. The Bertz CT molecular complexity index is 360. The zero-order valence-electron chi connectivity index (χ0n) is 10.7. The highest BCUT2D eigenvalue weighted by molar-refractivity contribution is 5.80. The lowest BCUT2D eigenvalue weighted by molar-refractivity contribution is -0.122. The van der Waals surface area contributed by atoms with Gasteiger partial charge in [0.15, 0.2) is 11.5 Å². The number of hydrogen-bond acceptors (Lipinski definition) is 3. The molecular weight excluding hydrogens is 216 g/mol. The van der Waals surface area contributed by atoms with Gasteiger partial charge in [0.25, 0.3) is 0 Å². The Balaban J connectivity index is 2.43. The van der Waals surface area contributed by atoms with Crippen LogP contribution >= 0.6 is 0 Å². The van der Waals surface area contributed by atoms with Gasteiger partial charge in [0.2, 0.25) is 0 Å². The van der Waals surface area contributed by atoms with E-state index in [1.54, 1.807) is 7.11 Å². The first-order valence-corrected chi connectivity index (χ1v) is 5.97. The first-order chi connectivity index (χ1) is 8.19. The fraction of sp³-hybridized carbons (Fsp3) is 0.500. The number of para-hydroxylation sites is 2. The lowest BCUT2D eigenvalue weighted by atomic mass is 10.0. The monoisotopic (exact) mass is 236 g/mol. The van der Waals surface area contributed by atoms with Crippen LogP contribution < -0.4 is 9.47 Å². The summed E-state index contributed by atoms with van der Waals surface area (Å²) in [7, 11) is 1.62. The Hall–Kier alpha value is -1.51. The second-order valence-corrected chi connectivity index (χ2v) is 4.01. The first-order valence-electron chi connectivity index (χ1n) is 5.97. The summed E-state index contributed by atoms with van der Waals surface area (Å²) in [5.41, 5.74) is 0. The van der Waals surface area contributed by atoms with Gasteiger partial charge in [0.1, 0.15) is 5.78 Å². The molecule has 0 saturated carbocycles. The topological polar surface area (TPSA) is 35.5 Å². The summed E-state index contributed by atoms with van der Waals surface area (Å²) in [6, 6.07) is 7.52. The molecule has 3 nitrogen and oxygen atoms in total. The second kappa shape index (κ2) is 6.94. The lowest BCUT2D eigenvalue weighted by Gasteiger charge is -2.12. The minimum Gasteiger partial charge on any atom is -0.493 e.